The lowest BCUT2D eigenvalue weighted by atomic mass is 9.98. The van der Waals surface area contributed by atoms with Crippen molar-refractivity contribution in [3.8, 4) is 0 Å². The van der Waals surface area contributed by atoms with E-state index in [2.05, 4.69) is 15.6 Å². The van der Waals surface area contributed by atoms with E-state index >= 15 is 0 Å². The van der Waals surface area contributed by atoms with E-state index < -0.39 is 47.3 Å². The van der Waals surface area contributed by atoms with Gasteiger partial charge < -0.3 is 10.6 Å². The average molecular weight is 467 g/mol. The molecule has 2 aromatic carbocycles. The maximum absolute atomic E-state index is 13.6. The van der Waals surface area contributed by atoms with Gasteiger partial charge >= 0.3 is 18.4 Å². The van der Waals surface area contributed by atoms with Gasteiger partial charge in [-0.2, -0.15) is 26.3 Å². The summed E-state index contributed by atoms with van der Waals surface area (Å²) in [5, 5.41) is 5.05. The molecule has 0 aliphatic carbocycles. The van der Waals surface area contributed by atoms with Crippen molar-refractivity contribution < 1.29 is 31.1 Å². The van der Waals surface area contributed by atoms with Gasteiger partial charge in [0.15, 0.2) is 0 Å². The first-order valence-electron chi connectivity index (χ1n) is 9.78. The van der Waals surface area contributed by atoms with Gasteiger partial charge in [-0.3, -0.25) is 4.98 Å². The Morgan fingerprint density at radius 3 is 2.00 bits per heavy atom. The molecular formula is C23H19F6N3O. The zero-order valence-electron chi connectivity index (χ0n) is 17.2. The molecule has 174 valence electrons. The van der Waals surface area contributed by atoms with Crippen molar-refractivity contribution in [2.45, 2.75) is 31.4 Å². The number of nitrogens with zero attached hydrogens (tertiary/aromatic N) is 1. The van der Waals surface area contributed by atoms with Crippen molar-refractivity contribution in [1.82, 2.24) is 15.6 Å². The Bertz CT molecular complexity index is 1080. The molecule has 0 saturated carbocycles. The summed E-state index contributed by atoms with van der Waals surface area (Å²) < 4.78 is 79.6. The maximum Gasteiger partial charge on any atom is 0.418 e. The fraction of sp³-hybridized carbons (Fsp3) is 0.217. The minimum absolute atomic E-state index is 0.00899. The van der Waals surface area contributed by atoms with Crippen LogP contribution in [0, 0.1) is 0 Å². The summed E-state index contributed by atoms with van der Waals surface area (Å²) in [6.45, 7) is 1.68. The van der Waals surface area contributed by atoms with Crippen molar-refractivity contribution >= 4 is 6.03 Å². The number of pyridine rings is 1. The molecule has 1 aromatic heterocycles. The smallest absolute Gasteiger partial charge is 0.332 e. The second-order valence-electron chi connectivity index (χ2n) is 7.24. The summed E-state index contributed by atoms with van der Waals surface area (Å²) in [7, 11) is 0. The van der Waals surface area contributed by atoms with Crippen LogP contribution in [0.4, 0.5) is 31.1 Å². The molecule has 0 aliphatic heterocycles. The van der Waals surface area contributed by atoms with Gasteiger partial charge in [-0.1, -0.05) is 42.5 Å². The zero-order valence-corrected chi connectivity index (χ0v) is 17.2. The van der Waals surface area contributed by atoms with E-state index in [4.69, 9.17) is 0 Å². The molecule has 4 nitrogen and oxygen atoms in total. The summed E-state index contributed by atoms with van der Waals surface area (Å²) in [4.78, 5) is 16.5. The molecule has 10 heteroatoms. The van der Waals surface area contributed by atoms with Crippen LogP contribution in [0.5, 0.6) is 0 Å². The monoisotopic (exact) mass is 467 g/mol. The van der Waals surface area contributed by atoms with Crippen molar-refractivity contribution in [2.24, 2.45) is 0 Å². The molecule has 3 aromatic rings. The van der Waals surface area contributed by atoms with Crippen LogP contribution in [0.15, 0.2) is 72.9 Å². The van der Waals surface area contributed by atoms with Crippen molar-refractivity contribution in [1.29, 1.82) is 0 Å². The standard InChI is InChI=1S/C23H19F6N3O/c1-14(15-6-3-2-4-7-15)31-21(33)32-19(16-9-11-17(12-10-16)22(24,25)26)20-18(23(27,28)29)8-5-13-30-20/h2-14,19H,1H3,(H2,31,32,33)/t14-,19?/m1/s1. The number of urea groups is 1. The van der Waals surface area contributed by atoms with Crippen LogP contribution in [0.25, 0.3) is 0 Å². The fourth-order valence-corrected chi connectivity index (χ4v) is 3.26. The molecule has 1 heterocycles. The predicted molar refractivity (Wildman–Crippen MR) is 109 cm³/mol. The van der Waals surface area contributed by atoms with Crippen LogP contribution >= 0.6 is 0 Å². The van der Waals surface area contributed by atoms with E-state index in [0.717, 1.165) is 48.2 Å². The number of rotatable bonds is 5. The van der Waals surface area contributed by atoms with Crippen LogP contribution in [0.2, 0.25) is 0 Å². The minimum Gasteiger partial charge on any atom is -0.332 e. The lowest BCUT2D eigenvalue weighted by Crippen LogP contribution is -2.40. The van der Waals surface area contributed by atoms with Crippen LogP contribution in [-0.2, 0) is 12.4 Å². The van der Waals surface area contributed by atoms with E-state index in [9.17, 15) is 31.1 Å². The van der Waals surface area contributed by atoms with E-state index in [1.165, 1.54) is 0 Å². The highest BCUT2D eigenvalue weighted by atomic mass is 19.4. The van der Waals surface area contributed by atoms with E-state index in [0.29, 0.717) is 0 Å². The highest BCUT2D eigenvalue weighted by Crippen LogP contribution is 2.36. The Labute approximate surface area is 185 Å². The van der Waals surface area contributed by atoms with Crippen LogP contribution in [0.3, 0.4) is 0 Å². The molecule has 33 heavy (non-hydrogen) atoms. The normalized spacial score (nSPS) is 13.8. The number of alkyl halides is 6. The molecular weight excluding hydrogens is 448 g/mol. The van der Waals surface area contributed by atoms with Gasteiger partial charge in [0.2, 0.25) is 0 Å². The molecule has 2 atom stereocenters. The second-order valence-corrected chi connectivity index (χ2v) is 7.24. The van der Waals surface area contributed by atoms with E-state index in [1.807, 2.05) is 0 Å². The summed E-state index contributed by atoms with van der Waals surface area (Å²) in [6.07, 6.45) is -8.29. The van der Waals surface area contributed by atoms with Gasteiger partial charge in [0.25, 0.3) is 0 Å². The number of carbonyl (C=O) groups is 1. The number of nitrogens with one attached hydrogen (secondary N) is 2. The molecule has 1 unspecified atom stereocenters. The Kier molecular flexibility index (Phi) is 6.95. The first kappa shape index (κ1) is 24.1. The lowest BCUT2D eigenvalue weighted by molar-refractivity contribution is -0.139. The quantitative estimate of drug-likeness (QED) is 0.435. The maximum atomic E-state index is 13.6. The van der Waals surface area contributed by atoms with Gasteiger partial charge in [-0.25, -0.2) is 4.79 Å². The molecule has 0 spiro atoms. The van der Waals surface area contributed by atoms with Gasteiger partial charge in [0.1, 0.15) is 0 Å². The van der Waals surface area contributed by atoms with Crippen molar-refractivity contribution in [3.05, 3.63) is 101 Å². The third-order valence-corrected chi connectivity index (χ3v) is 4.91. The first-order valence-corrected chi connectivity index (χ1v) is 9.78. The third-order valence-electron chi connectivity index (χ3n) is 4.91. The number of hydrogen-bond acceptors (Lipinski definition) is 2. The van der Waals surface area contributed by atoms with Gasteiger partial charge in [0.05, 0.1) is 28.9 Å². The topological polar surface area (TPSA) is 54.0 Å². The number of benzene rings is 2. The molecule has 0 aliphatic rings. The summed E-state index contributed by atoms with van der Waals surface area (Å²) >= 11 is 0. The Hall–Kier alpha value is -3.56. The predicted octanol–water partition coefficient (Wildman–Crippen LogP) is 6.27. The summed E-state index contributed by atoms with van der Waals surface area (Å²) in [5.41, 5.74) is -1.84. The number of aromatic nitrogens is 1. The summed E-state index contributed by atoms with van der Waals surface area (Å²) in [6, 6.07) is 11.5. The van der Waals surface area contributed by atoms with Crippen LogP contribution < -0.4 is 10.6 Å². The van der Waals surface area contributed by atoms with Gasteiger partial charge in [-0.15, -0.1) is 0 Å². The molecule has 3 rings (SSSR count). The van der Waals surface area contributed by atoms with Crippen molar-refractivity contribution in [2.75, 3.05) is 0 Å². The molecule has 2 N–H and O–H groups in total. The first-order chi connectivity index (χ1) is 15.5. The Morgan fingerprint density at radius 1 is 0.788 bits per heavy atom. The van der Waals surface area contributed by atoms with E-state index in [1.54, 1.807) is 37.3 Å². The number of amides is 2. The average Bonchev–Trinajstić information content (AvgIpc) is 2.77. The fourth-order valence-electron chi connectivity index (χ4n) is 3.26. The number of carbonyl (C=O) groups excluding carboxylic acids is 1. The second kappa shape index (κ2) is 9.51. The molecule has 0 fully saturated rings. The molecule has 0 saturated heterocycles. The van der Waals surface area contributed by atoms with Crippen LogP contribution in [-0.4, -0.2) is 11.0 Å². The molecule has 0 bridgehead atoms. The van der Waals surface area contributed by atoms with Gasteiger partial charge in [0, 0.05) is 6.20 Å². The van der Waals surface area contributed by atoms with Gasteiger partial charge in [-0.05, 0) is 42.3 Å². The number of hydrogen-bond donors (Lipinski definition) is 2. The SMILES string of the molecule is C[C@@H](NC(=O)NC(c1ccc(C(F)(F)F)cc1)c1ncccc1C(F)(F)F)c1ccccc1. The highest BCUT2D eigenvalue weighted by molar-refractivity contribution is 5.75. The van der Waals surface area contributed by atoms with Crippen molar-refractivity contribution in [3.63, 3.8) is 0 Å². The largest absolute Gasteiger partial charge is 0.418 e. The molecule has 0 radical (unpaired) electrons. The minimum atomic E-state index is -4.79. The zero-order chi connectivity index (χ0) is 24.2. The highest BCUT2D eigenvalue weighted by Gasteiger charge is 2.37. The Balaban J connectivity index is 1.95. The van der Waals surface area contributed by atoms with Crippen LogP contribution in [0.1, 0.15) is 47.0 Å². The lowest BCUT2D eigenvalue weighted by Gasteiger charge is -2.24. The van der Waals surface area contributed by atoms with E-state index in [-0.39, 0.29) is 5.56 Å². The molecule has 2 amide bonds. The number of halogens is 6. The summed E-state index contributed by atoms with van der Waals surface area (Å²) in [5.74, 6) is 0. The third kappa shape index (κ3) is 6.03. The Morgan fingerprint density at radius 2 is 1.42 bits per heavy atom.